The van der Waals surface area contributed by atoms with Crippen LogP contribution in [-0.2, 0) is 0 Å². The Balaban J connectivity index is 2.75. The quantitative estimate of drug-likeness (QED) is 0.644. The van der Waals surface area contributed by atoms with Crippen LogP contribution in [0.15, 0.2) is 24.4 Å². The fraction of sp³-hybridized carbons (Fsp3) is 0.500. The van der Waals surface area contributed by atoms with Gasteiger partial charge in [0, 0.05) is 28.0 Å². The van der Waals surface area contributed by atoms with Gasteiger partial charge < -0.3 is 0 Å². The average Bonchev–Trinajstić information content (AvgIpc) is 2.55. The van der Waals surface area contributed by atoms with Crippen LogP contribution in [0.3, 0.4) is 0 Å². The van der Waals surface area contributed by atoms with Crippen molar-refractivity contribution in [2.24, 2.45) is 0 Å². The number of rotatable bonds is 1. The van der Waals surface area contributed by atoms with Gasteiger partial charge in [0.25, 0.3) is 0 Å². The second-order valence-electron chi connectivity index (χ2n) is 2.35. The molecule has 1 aliphatic rings. The van der Waals surface area contributed by atoms with E-state index in [2.05, 4.69) is 4.98 Å². The second-order valence-corrected chi connectivity index (χ2v) is 2.35. The summed E-state index contributed by atoms with van der Waals surface area (Å²) >= 11 is 0. The SMILES string of the molecule is [2H]c1nc([2H])c([C@H]2N(C([2H])([2H])[2H])CC([2H])([2H])C2([2H])[2H])c([2H])c1[2H]. The van der Waals surface area contributed by atoms with Crippen molar-refractivity contribution < 1.29 is 15.1 Å². The largest absolute Gasteiger partial charge is 0.299 e. The van der Waals surface area contributed by atoms with Crippen LogP contribution in [0.1, 0.15) is 39.4 Å². The van der Waals surface area contributed by atoms with Gasteiger partial charge in [0.05, 0.1) is 5.48 Å². The van der Waals surface area contributed by atoms with E-state index in [1.54, 1.807) is 0 Å². The van der Waals surface area contributed by atoms with Crippen molar-refractivity contribution in [3.63, 3.8) is 0 Å². The molecule has 64 valence electrons. The van der Waals surface area contributed by atoms with Crippen molar-refractivity contribution in [1.82, 2.24) is 9.88 Å². The maximum Gasteiger partial charge on any atom is 0.0843 e. The molecule has 2 heteroatoms. The number of hydrogen-bond acceptors (Lipinski definition) is 2. The summed E-state index contributed by atoms with van der Waals surface area (Å²) in [7, 11) is 0. The molecule has 1 fully saturated rings. The fourth-order valence-corrected chi connectivity index (χ4v) is 0.994. The minimum absolute atomic E-state index is 0.492. The zero-order chi connectivity index (χ0) is 18.0. The molecule has 12 heavy (non-hydrogen) atoms. The van der Waals surface area contributed by atoms with Crippen molar-refractivity contribution in [3.8, 4) is 0 Å². The lowest BCUT2D eigenvalue weighted by Gasteiger charge is -2.18. The lowest BCUT2D eigenvalue weighted by Crippen LogP contribution is -2.17. The Morgan fingerprint density at radius 2 is 2.92 bits per heavy atom. The van der Waals surface area contributed by atoms with Crippen LogP contribution in [0.4, 0.5) is 0 Å². The van der Waals surface area contributed by atoms with Gasteiger partial charge in [-0.2, -0.15) is 0 Å². The van der Waals surface area contributed by atoms with Gasteiger partial charge in [-0.15, -0.1) is 0 Å². The lowest BCUT2D eigenvalue weighted by atomic mass is 10.1. The third kappa shape index (κ3) is 1.34. The molecular formula is C10H14N2. The highest BCUT2D eigenvalue weighted by Crippen LogP contribution is 2.29. The molecule has 0 aromatic carbocycles. The highest BCUT2D eigenvalue weighted by Gasteiger charge is 2.21. The van der Waals surface area contributed by atoms with Gasteiger partial charge in [0.15, 0.2) is 0 Å². The van der Waals surface area contributed by atoms with Gasteiger partial charge in [-0.05, 0) is 37.9 Å². The first-order valence-electron chi connectivity index (χ1n) is 8.93. The number of aromatic nitrogens is 1. The lowest BCUT2D eigenvalue weighted by molar-refractivity contribution is 0.317. The Morgan fingerprint density at radius 3 is 3.83 bits per heavy atom. The van der Waals surface area contributed by atoms with Crippen LogP contribution < -0.4 is 0 Å². The number of hydrogen-bond donors (Lipinski definition) is 0. The van der Waals surface area contributed by atoms with Gasteiger partial charge >= 0.3 is 0 Å². The maximum atomic E-state index is 8.01. The Labute approximate surface area is 88.7 Å². The zero-order valence-electron chi connectivity index (χ0n) is 17.2. The molecule has 0 spiro atoms. The molecule has 0 aliphatic carbocycles. The first kappa shape index (κ1) is 2.13. The summed E-state index contributed by atoms with van der Waals surface area (Å²) in [5.41, 5.74) is -0.492. The summed E-state index contributed by atoms with van der Waals surface area (Å²) < 4.78 is 84.7. The van der Waals surface area contributed by atoms with E-state index >= 15 is 0 Å². The highest BCUT2D eigenvalue weighted by atomic mass is 15.1. The van der Waals surface area contributed by atoms with E-state index in [-0.39, 0.29) is 0 Å². The van der Waals surface area contributed by atoms with E-state index in [0.29, 0.717) is 4.90 Å². The number of likely N-dealkylation sites (tertiary alicyclic amines) is 1. The third-order valence-electron chi connectivity index (χ3n) is 1.56. The molecule has 0 unspecified atom stereocenters. The van der Waals surface area contributed by atoms with Crippen LogP contribution in [0, 0.1) is 0 Å². The number of pyridine rings is 1. The third-order valence-corrected chi connectivity index (χ3v) is 1.56. The van der Waals surface area contributed by atoms with E-state index in [1.165, 1.54) is 0 Å². The Morgan fingerprint density at radius 1 is 1.92 bits per heavy atom. The topological polar surface area (TPSA) is 16.1 Å². The summed E-state index contributed by atoms with van der Waals surface area (Å²) in [5, 5.41) is 0. The highest BCUT2D eigenvalue weighted by molar-refractivity contribution is 5.14. The Kier molecular flexibility index (Phi) is 0.573. The summed E-state index contributed by atoms with van der Waals surface area (Å²) in [6.45, 7) is -3.61. The van der Waals surface area contributed by atoms with Gasteiger partial charge in [-0.25, -0.2) is 0 Å². The van der Waals surface area contributed by atoms with E-state index in [1.807, 2.05) is 0 Å². The van der Waals surface area contributed by atoms with Crippen LogP contribution in [0.25, 0.3) is 0 Å². The van der Waals surface area contributed by atoms with E-state index in [9.17, 15) is 0 Å². The van der Waals surface area contributed by atoms with Crippen LogP contribution >= 0.6 is 0 Å². The molecule has 0 radical (unpaired) electrons. The van der Waals surface area contributed by atoms with Gasteiger partial charge in [0.1, 0.15) is 0 Å². The Bertz CT molecular complexity index is 639. The van der Waals surface area contributed by atoms with Crippen LogP contribution in [-0.4, -0.2) is 23.4 Å². The first-order valence-corrected chi connectivity index (χ1v) is 3.43. The molecule has 0 saturated carbocycles. The second kappa shape index (κ2) is 3.23. The van der Waals surface area contributed by atoms with Crippen molar-refractivity contribution in [1.29, 1.82) is 0 Å². The fourth-order valence-electron chi connectivity index (χ4n) is 0.994. The minimum atomic E-state index is -2.86. The Hall–Kier alpha value is -0.890. The van der Waals surface area contributed by atoms with Crippen LogP contribution in [0.2, 0.25) is 0 Å². The minimum Gasteiger partial charge on any atom is -0.299 e. The predicted octanol–water partition coefficient (Wildman–Crippen LogP) is 1.85. The average molecular weight is 173 g/mol. The van der Waals surface area contributed by atoms with Gasteiger partial charge in [-0.1, -0.05) is 6.04 Å². The van der Waals surface area contributed by atoms with Crippen molar-refractivity contribution in [3.05, 3.63) is 30.0 Å². The van der Waals surface area contributed by atoms with Crippen molar-refractivity contribution in [2.75, 3.05) is 13.5 Å². The molecule has 2 nitrogen and oxygen atoms in total. The standard InChI is InChI=1S/C10H14N2/c1-12-7-3-5-10(12)9-4-2-6-11-8-9/h2,4,6,8,10H,3,5,7H2,1H3/t10-/m0/s1/i1D3,2D,3D2,4D,5D2,6D,8D. The smallest absolute Gasteiger partial charge is 0.0843 e. The van der Waals surface area contributed by atoms with E-state index < -0.39 is 62.3 Å². The molecule has 0 amide bonds. The van der Waals surface area contributed by atoms with Gasteiger partial charge in [-0.3, -0.25) is 9.88 Å². The normalized spacial score (nSPS) is 47.3. The summed E-state index contributed by atoms with van der Waals surface area (Å²) in [6.07, 6.45) is -6.60. The summed E-state index contributed by atoms with van der Waals surface area (Å²) in [6, 6.07) is -3.12. The van der Waals surface area contributed by atoms with Crippen molar-refractivity contribution in [2.45, 2.75) is 18.8 Å². The molecule has 0 N–H and O–H groups in total. The predicted molar refractivity (Wildman–Crippen MR) is 48.8 cm³/mol. The molecule has 2 rings (SSSR count). The molecule has 1 saturated heterocycles. The first-order chi connectivity index (χ1) is 10.2. The molecule has 0 bridgehead atoms. The van der Waals surface area contributed by atoms with Crippen molar-refractivity contribution >= 4 is 0 Å². The van der Waals surface area contributed by atoms with Crippen LogP contribution in [0.5, 0.6) is 0 Å². The summed E-state index contributed by atoms with van der Waals surface area (Å²) in [5.74, 6) is 0. The number of nitrogens with zero attached hydrogens (tertiary/aromatic N) is 2. The molecular weight excluding hydrogens is 148 g/mol. The molecule has 1 aliphatic heterocycles. The zero-order valence-corrected chi connectivity index (χ0v) is 6.18. The molecule has 1 aromatic rings. The molecule has 1 atom stereocenters. The van der Waals surface area contributed by atoms with Gasteiger partial charge in [0.2, 0.25) is 0 Å². The molecule has 2 heterocycles. The van der Waals surface area contributed by atoms with E-state index in [0.717, 1.165) is 0 Å². The maximum absolute atomic E-state index is 8.01. The monoisotopic (exact) mass is 173 g/mol. The summed E-state index contributed by atoms with van der Waals surface area (Å²) in [4.78, 5) is 4.01. The van der Waals surface area contributed by atoms with E-state index in [4.69, 9.17) is 15.1 Å². The molecule has 1 aromatic heterocycles.